The van der Waals surface area contributed by atoms with Crippen LogP contribution in [-0.4, -0.2) is 30.3 Å². The van der Waals surface area contributed by atoms with Crippen LogP contribution in [0.25, 0.3) is 0 Å². The fourth-order valence-corrected chi connectivity index (χ4v) is 5.35. The quantitative estimate of drug-likeness (QED) is 0.538. The average molecular weight is 424 g/mol. The van der Waals surface area contributed by atoms with E-state index in [0.717, 1.165) is 43.5 Å². The molecule has 30 heavy (non-hydrogen) atoms. The Hall–Kier alpha value is -2.93. The highest BCUT2D eigenvalue weighted by molar-refractivity contribution is 7.92. The molecule has 1 aliphatic heterocycles. The normalized spacial score (nSPS) is 13.8. The van der Waals surface area contributed by atoms with Crippen molar-refractivity contribution in [3.05, 3.63) is 77.9 Å². The first-order valence-electron chi connectivity index (χ1n) is 10.3. The zero-order valence-electron chi connectivity index (χ0n) is 17.0. The van der Waals surface area contributed by atoms with E-state index in [1.165, 1.54) is 16.4 Å². The summed E-state index contributed by atoms with van der Waals surface area (Å²) in [6.45, 7) is 3.28. The number of imidazole rings is 1. The lowest BCUT2D eigenvalue weighted by Crippen LogP contribution is -2.35. The van der Waals surface area contributed by atoms with Crippen LogP contribution in [0.15, 0.2) is 65.8 Å². The van der Waals surface area contributed by atoms with Gasteiger partial charge in [0.2, 0.25) is 5.78 Å². The standard InChI is InChI=1S/C23H25N3O3S/c1-2-3-15-25-17-14-24-23(25)22(27)19-10-12-20(13-11-19)30(28,29)26-16-6-8-18-7-4-5-9-21(18)26/h4-5,7,9-14,17H,2-3,6,8,15-16H2,1H3. The molecule has 1 aliphatic rings. The smallest absolute Gasteiger partial charge is 0.264 e. The lowest BCUT2D eigenvalue weighted by molar-refractivity contribution is 0.102. The summed E-state index contributed by atoms with van der Waals surface area (Å²) in [6, 6.07) is 13.8. The third kappa shape index (κ3) is 3.77. The minimum atomic E-state index is -3.69. The van der Waals surface area contributed by atoms with Gasteiger partial charge in [-0.3, -0.25) is 9.10 Å². The number of para-hydroxylation sites is 1. The van der Waals surface area contributed by atoms with Gasteiger partial charge in [0.15, 0.2) is 5.82 Å². The number of sulfonamides is 1. The molecule has 0 radical (unpaired) electrons. The Bertz CT molecular complexity index is 1150. The summed E-state index contributed by atoms with van der Waals surface area (Å²) in [5.41, 5.74) is 2.21. The van der Waals surface area contributed by atoms with E-state index in [-0.39, 0.29) is 10.7 Å². The number of fused-ring (bicyclic) bond motifs is 1. The van der Waals surface area contributed by atoms with E-state index >= 15 is 0 Å². The molecule has 0 atom stereocenters. The summed E-state index contributed by atoms with van der Waals surface area (Å²) >= 11 is 0. The summed E-state index contributed by atoms with van der Waals surface area (Å²) in [5.74, 6) is 0.174. The number of anilines is 1. The van der Waals surface area contributed by atoms with Crippen LogP contribution < -0.4 is 4.31 Å². The highest BCUT2D eigenvalue weighted by Crippen LogP contribution is 2.31. The van der Waals surface area contributed by atoms with E-state index in [2.05, 4.69) is 11.9 Å². The monoisotopic (exact) mass is 423 g/mol. The molecule has 2 heterocycles. The molecule has 7 heteroatoms. The number of aryl methyl sites for hydroxylation is 2. The third-order valence-corrected chi connectivity index (χ3v) is 7.27. The van der Waals surface area contributed by atoms with E-state index in [4.69, 9.17) is 0 Å². The number of benzene rings is 2. The third-order valence-electron chi connectivity index (χ3n) is 5.44. The van der Waals surface area contributed by atoms with Crippen molar-refractivity contribution in [2.24, 2.45) is 0 Å². The number of nitrogens with zero attached hydrogens (tertiary/aromatic N) is 3. The summed E-state index contributed by atoms with van der Waals surface area (Å²) in [4.78, 5) is 17.3. The van der Waals surface area contributed by atoms with Crippen LogP contribution in [0, 0.1) is 0 Å². The first kappa shape index (κ1) is 20.3. The minimum Gasteiger partial charge on any atom is -0.328 e. The van der Waals surface area contributed by atoms with Crippen molar-refractivity contribution < 1.29 is 13.2 Å². The molecule has 0 spiro atoms. The van der Waals surface area contributed by atoms with Gasteiger partial charge < -0.3 is 4.57 Å². The van der Waals surface area contributed by atoms with Gasteiger partial charge in [-0.05, 0) is 55.2 Å². The highest BCUT2D eigenvalue weighted by Gasteiger charge is 2.29. The van der Waals surface area contributed by atoms with Crippen molar-refractivity contribution in [2.75, 3.05) is 10.8 Å². The van der Waals surface area contributed by atoms with E-state index in [0.29, 0.717) is 17.9 Å². The lowest BCUT2D eigenvalue weighted by atomic mass is 10.0. The number of unbranched alkanes of at least 4 members (excludes halogenated alkanes) is 1. The second-order valence-electron chi connectivity index (χ2n) is 7.46. The molecule has 3 aromatic rings. The van der Waals surface area contributed by atoms with Gasteiger partial charge in [-0.25, -0.2) is 13.4 Å². The predicted molar refractivity (Wildman–Crippen MR) is 116 cm³/mol. The molecule has 6 nitrogen and oxygen atoms in total. The molecule has 1 aromatic heterocycles. The number of carbonyl (C=O) groups excluding carboxylic acids is 1. The van der Waals surface area contributed by atoms with Crippen molar-refractivity contribution in [1.82, 2.24) is 9.55 Å². The van der Waals surface area contributed by atoms with Gasteiger partial charge in [0, 0.05) is 31.0 Å². The molecule has 0 aliphatic carbocycles. The molecular weight excluding hydrogens is 398 g/mol. The first-order valence-corrected chi connectivity index (χ1v) is 11.7. The van der Waals surface area contributed by atoms with Crippen LogP contribution in [0.5, 0.6) is 0 Å². The van der Waals surface area contributed by atoms with Crippen molar-refractivity contribution in [3.63, 3.8) is 0 Å². The van der Waals surface area contributed by atoms with Crippen molar-refractivity contribution in [3.8, 4) is 0 Å². The Morgan fingerprint density at radius 1 is 1.10 bits per heavy atom. The van der Waals surface area contributed by atoms with Crippen LogP contribution in [0.3, 0.4) is 0 Å². The summed E-state index contributed by atoms with van der Waals surface area (Å²) < 4.78 is 29.8. The molecule has 0 saturated carbocycles. The topological polar surface area (TPSA) is 72.3 Å². The zero-order valence-corrected chi connectivity index (χ0v) is 17.8. The average Bonchev–Trinajstić information content (AvgIpc) is 3.25. The number of hydrogen-bond donors (Lipinski definition) is 0. The van der Waals surface area contributed by atoms with Gasteiger partial charge in [-0.1, -0.05) is 31.5 Å². The molecule has 4 rings (SSSR count). The Labute approximate surface area is 177 Å². The SMILES string of the molecule is CCCCn1ccnc1C(=O)c1ccc(S(=O)(=O)N2CCCc3ccccc32)cc1. The maximum Gasteiger partial charge on any atom is 0.264 e. The molecule has 0 amide bonds. The van der Waals surface area contributed by atoms with Gasteiger partial charge in [0.1, 0.15) is 0 Å². The number of ketones is 1. The Morgan fingerprint density at radius 3 is 2.63 bits per heavy atom. The maximum atomic E-state index is 13.3. The van der Waals surface area contributed by atoms with Crippen LogP contribution >= 0.6 is 0 Å². The largest absolute Gasteiger partial charge is 0.328 e. The van der Waals surface area contributed by atoms with Crippen molar-refractivity contribution >= 4 is 21.5 Å². The Kier molecular flexibility index (Phi) is 5.72. The van der Waals surface area contributed by atoms with E-state index in [1.807, 2.05) is 28.8 Å². The first-order chi connectivity index (χ1) is 14.5. The number of carbonyl (C=O) groups is 1. The van der Waals surface area contributed by atoms with Gasteiger partial charge in [0.25, 0.3) is 10.0 Å². The molecule has 0 N–H and O–H groups in total. The Balaban J connectivity index is 1.60. The molecule has 0 bridgehead atoms. The fraction of sp³-hybridized carbons (Fsp3) is 0.304. The summed E-state index contributed by atoms with van der Waals surface area (Å²) in [7, 11) is -3.69. The predicted octanol–water partition coefficient (Wildman–Crippen LogP) is 4.06. The van der Waals surface area contributed by atoms with Gasteiger partial charge in [-0.2, -0.15) is 0 Å². The second-order valence-corrected chi connectivity index (χ2v) is 9.32. The van der Waals surface area contributed by atoms with Crippen LogP contribution in [0.1, 0.15) is 47.9 Å². The zero-order chi connectivity index (χ0) is 21.1. The number of rotatable bonds is 7. The van der Waals surface area contributed by atoms with Crippen LogP contribution in [0.4, 0.5) is 5.69 Å². The van der Waals surface area contributed by atoms with Gasteiger partial charge in [-0.15, -0.1) is 0 Å². The van der Waals surface area contributed by atoms with Crippen molar-refractivity contribution in [1.29, 1.82) is 0 Å². The van der Waals surface area contributed by atoms with Crippen LogP contribution in [0.2, 0.25) is 0 Å². The molecule has 0 fully saturated rings. The van der Waals surface area contributed by atoms with Gasteiger partial charge in [0.05, 0.1) is 10.6 Å². The van der Waals surface area contributed by atoms with Gasteiger partial charge >= 0.3 is 0 Å². The molecule has 0 saturated heterocycles. The maximum absolute atomic E-state index is 13.3. The number of hydrogen-bond acceptors (Lipinski definition) is 4. The molecule has 2 aromatic carbocycles. The highest BCUT2D eigenvalue weighted by atomic mass is 32.2. The van der Waals surface area contributed by atoms with Crippen LogP contribution in [-0.2, 0) is 23.0 Å². The summed E-state index contributed by atoms with van der Waals surface area (Å²) in [5, 5.41) is 0. The fourth-order valence-electron chi connectivity index (χ4n) is 3.81. The lowest BCUT2D eigenvalue weighted by Gasteiger charge is -2.30. The molecule has 156 valence electrons. The minimum absolute atomic E-state index is 0.185. The second kappa shape index (κ2) is 8.44. The Morgan fingerprint density at radius 2 is 1.87 bits per heavy atom. The van der Waals surface area contributed by atoms with Crippen molar-refractivity contribution in [2.45, 2.75) is 44.0 Å². The summed E-state index contributed by atoms with van der Waals surface area (Å²) in [6.07, 6.45) is 7.07. The van der Waals surface area contributed by atoms with E-state index in [9.17, 15) is 13.2 Å². The van der Waals surface area contributed by atoms with E-state index < -0.39 is 10.0 Å². The molecule has 0 unspecified atom stereocenters. The molecular formula is C23H25N3O3S. The van der Waals surface area contributed by atoms with E-state index in [1.54, 1.807) is 24.5 Å². The number of aromatic nitrogens is 2.